The average Bonchev–Trinajstić information content (AvgIpc) is 2.14. The van der Waals surface area contributed by atoms with Gasteiger partial charge in [-0.25, -0.2) is 0 Å². The summed E-state index contributed by atoms with van der Waals surface area (Å²) in [5.41, 5.74) is 0. The molecule has 94 valence electrons. The fourth-order valence-corrected chi connectivity index (χ4v) is 2.50. The van der Waals surface area contributed by atoms with E-state index in [1.54, 1.807) is 0 Å². The summed E-state index contributed by atoms with van der Waals surface area (Å²) in [4.78, 5) is 0. The van der Waals surface area contributed by atoms with E-state index in [9.17, 15) is 0 Å². The largest absolute Gasteiger partial charge is 1.00 e. The molecule has 0 heterocycles. The van der Waals surface area contributed by atoms with Crippen molar-refractivity contribution < 1.29 is 23.3 Å². The first-order valence-electron chi connectivity index (χ1n) is 6.17. The molecule has 0 rings (SSSR count). The number of hydrogen-bond acceptors (Lipinski definition) is 1. The molecule has 17 heavy (non-hydrogen) atoms. The maximum atomic E-state index is 6.27. The quantitative estimate of drug-likeness (QED) is 0.414. The fraction of sp³-hybridized carbons (Fsp3) is 0.786. The molecule has 0 amide bonds. The van der Waals surface area contributed by atoms with E-state index in [4.69, 9.17) is 4.43 Å². The van der Waals surface area contributed by atoms with Crippen LogP contribution in [-0.2, 0) is 4.43 Å². The molecule has 1 atom stereocenters. The van der Waals surface area contributed by atoms with Crippen molar-refractivity contribution in [3.05, 3.63) is 6.92 Å². The summed E-state index contributed by atoms with van der Waals surface area (Å²) in [6, 6.07) is 0. The third-order valence-electron chi connectivity index (χ3n) is 3.22. The summed E-state index contributed by atoms with van der Waals surface area (Å²) >= 11 is 0. The summed E-state index contributed by atoms with van der Waals surface area (Å²) in [6.45, 7) is 17.4. The van der Waals surface area contributed by atoms with Crippen LogP contribution in [-0.4, -0.2) is 14.4 Å². The van der Waals surface area contributed by atoms with Gasteiger partial charge < -0.3 is 11.3 Å². The smallest absolute Gasteiger partial charge is 0.416 e. The predicted molar refractivity (Wildman–Crippen MR) is 74.7 cm³/mol. The van der Waals surface area contributed by atoms with Crippen molar-refractivity contribution in [3.8, 4) is 11.8 Å². The first-order chi connectivity index (χ1) is 7.24. The molecule has 3 heteroatoms. The second kappa shape index (κ2) is 8.44. The molecule has 0 aliphatic rings. The van der Waals surface area contributed by atoms with Crippen LogP contribution < -0.4 is 18.9 Å². The van der Waals surface area contributed by atoms with Gasteiger partial charge in [0.25, 0.3) is 0 Å². The topological polar surface area (TPSA) is 9.23 Å². The fourth-order valence-electron chi connectivity index (χ4n) is 1.11. The normalized spacial score (nSPS) is 13.4. The molecule has 0 saturated carbocycles. The zero-order valence-corrected chi connectivity index (χ0v) is 13.8. The maximum Gasteiger partial charge on any atom is 1.00 e. The summed E-state index contributed by atoms with van der Waals surface area (Å²) in [6.07, 6.45) is 2.76. The van der Waals surface area contributed by atoms with E-state index < -0.39 is 8.32 Å². The van der Waals surface area contributed by atoms with Gasteiger partial charge in [-0.2, -0.15) is 6.42 Å². The van der Waals surface area contributed by atoms with E-state index in [1.165, 1.54) is 0 Å². The van der Waals surface area contributed by atoms with Gasteiger partial charge in [0.2, 0.25) is 0 Å². The summed E-state index contributed by atoms with van der Waals surface area (Å²) < 4.78 is 6.27. The van der Waals surface area contributed by atoms with Crippen LogP contribution >= 0.6 is 0 Å². The van der Waals surface area contributed by atoms with Crippen LogP contribution in [0.1, 0.15) is 47.0 Å². The first-order valence-corrected chi connectivity index (χ1v) is 9.08. The van der Waals surface area contributed by atoms with Gasteiger partial charge in [0.1, 0.15) is 0 Å². The van der Waals surface area contributed by atoms with E-state index in [-0.39, 0.29) is 30.0 Å². The van der Waals surface area contributed by atoms with E-state index in [0.29, 0.717) is 0 Å². The van der Waals surface area contributed by atoms with Crippen molar-refractivity contribution in [1.29, 1.82) is 0 Å². The van der Waals surface area contributed by atoms with Crippen molar-refractivity contribution in [1.82, 2.24) is 0 Å². The standard InChI is InChI=1S/C14H27OSi.Li/c1-8-10-11-12-13(9-2)15-16(6,7)14(3,4)5;/h13H,2,8-9,12H2,1,3-7H3;/q-1;+1. The Kier molecular flexibility index (Phi) is 9.76. The van der Waals surface area contributed by atoms with Crippen LogP contribution in [0, 0.1) is 18.8 Å². The maximum absolute atomic E-state index is 6.27. The molecule has 0 aliphatic heterocycles. The minimum absolute atomic E-state index is 0. The molecule has 0 bridgehead atoms. The Morgan fingerprint density at radius 3 is 2.12 bits per heavy atom. The second-order valence-electron chi connectivity index (χ2n) is 5.70. The van der Waals surface area contributed by atoms with Gasteiger partial charge in [-0.1, -0.05) is 27.7 Å². The molecule has 1 unspecified atom stereocenters. The van der Waals surface area contributed by atoms with Gasteiger partial charge in [0, 0.05) is 18.9 Å². The zero-order valence-electron chi connectivity index (χ0n) is 12.8. The molecular formula is C14H27LiOSi. The molecule has 0 spiro atoms. The summed E-state index contributed by atoms with van der Waals surface area (Å²) in [5, 5.41) is 0.263. The minimum atomic E-state index is -1.66. The van der Waals surface area contributed by atoms with E-state index in [2.05, 4.69) is 59.6 Å². The molecular weight excluding hydrogens is 219 g/mol. The molecule has 0 aromatic rings. The van der Waals surface area contributed by atoms with E-state index in [0.717, 1.165) is 19.3 Å². The van der Waals surface area contributed by atoms with Gasteiger partial charge in [-0.05, 0) is 18.1 Å². The van der Waals surface area contributed by atoms with Crippen LogP contribution in [0.4, 0.5) is 0 Å². The van der Waals surface area contributed by atoms with Crippen LogP contribution in [0.3, 0.4) is 0 Å². The van der Waals surface area contributed by atoms with Crippen LogP contribution in [0.25, 0.3) is 0 Å². The minimum Gasteiger partial charge on any atom is -0.416 e. The predicted octanol–water partition coefficient (Wildman–Crippen LogP) is 1.41. The van der Waals surface area contributed by atoms with E-state index >= 15 is 0 Å². The third kappa shape index (κ3) is 7.37. The Morgan fingerprint density at radius 1 is 1.24 bits per heavy atom. The molecule has 0 aromatic heterocycles. The molecule has 0 aliphatic carbocycles. The second-order valence-corrected chi connectivity index (χ2v) is 10.5. The van der Waals surface area contributed by atoms with Gasteiger partial charge in [0.05, 0.1) is 0 Å². The monoisotopic (exact) mass is 246 g/mol. The van der Waals surface area contributed by atoms with Crippen molar-refractivity contribution in [2.75, 3.05) is 0 Å². The van der Waals surface area contributed by atoms with Crippen LogP contribution in [0.15, 0.2) is 0 Å². The summed E-state index contributed by atoms with van der Waals surface area (Å²) in [7, 11) is -1.66. The number of hydrogen-bond donors (Lipinski definition) is 0. The van der Waals surface area contributed by atoms with Crippen molar-refractivity contribution >= 4 is 8.32 Å². The number of rotatable bonds is 4. The molecule has 0 saturated heterocycles. The van der Waals surface area contributed by atoms with Crippen molar-refractivity contribution in [3.63, 3.8) is 0 Å². The van der Waals surface area contributed by atoms with E-state index in [1.807, 2.05) is 0 Å². The Labute approximate surface area is 121 Å². The van der Waals surface area contributed by atoms with Crippen LogP contribution in [0.5, 0.6) is 0 Å². The molecule has 0 aromatic carbocycles. The van der Waals surface area contributed by atoms with Gasteiger partial charge in [0.15, 0.2) is 8.32 Å². The third-order valence-corrected chi connectivity index (χ3v) is 7.76. The average molecular weight is 246 g/mol. The Hall–Kier alpha value is 0.334. The van der Waals surface area contributed by atoms with Crippen LogP contribution in [0.2, 0.25) is 18.1 Å². The molecule has 0 N–H and O–H groups in total. The van der Waals surface area contributed by atoms with Gasteiger partial charge in [-0.3, -0.25) is 0 Å². The summed E-state index contributed by atoms with van der Waals surface area (Å²) in [5.74, 6) is 6.26. The SMILES string of the molecule is [CH2-]CC(CC#CCC)O[Si](C)(C)C(C)(C)C.[Li+]. The Bertz CT molecular complexity index is 258. The molecule has 0 fully saturated rings. The molecule has 0 radical (unpaired) electrons. The van der Waals surface area contributed by atoms with Gasteiger partial charge in [-0.15, -0.1) is 11.8 Å². The zero-order chi connectivity index (χ0) is 12.8. The first kappa shape index (κ1) is 19.7. The Balaban J connectivity index is 0. The van der Waals surface area contributed by atoms with Crippen molar-refractivity contribution in [2.45, 2.75) is 71.2 Å². The molecule has 1 nitrogen and oxygen atoms in total. The van der Waals surface area contributed by atoms with Crippen molar-refractivity contribution in [2.24, 2.45) is 0 Å². The van der Waals surface area contributed by atoms with Gasteiger partial charge >= 0.3 is 18.9 Å². The Morgan fingerprint density at radius 2 is 1.76 bits per heavy atom.